The first-order valence-electron chi connectivity index (χ1n) is 10.2. The first-order chi connectivity index (χ1) is 15.5. The number of aromatic nitrogens is 3. The van der Waals surface area contributed by atoms with Gasteiger partial charge in [0.25, 0.3) is 0 Å². The topological polar surface area (TPSA) is 69.0 Å². The number of para-hydroxylation sites is 1. The zero-order chi connectivity index (χ0) is 22.5. The van der Waals surface area contributed by atoms with Crippen molar-refractivity contribution in [1.82, 2.24) is 20.1 Å². The number of halogens is 2. The van der Waals surface area contributed by atoms with Crippen molar-refractivity contribution in [3.05, 3.63) is 84.2 Å². The van der Waals surface area contributed by atoms with Crippen LogP contribution in [0.15, 0.2) is 66.3 Å². The maximum Gasteiger partial charge on any atom is 0.238 e. The van der Waals surface area contributed by atoms with E-state index in [1.165, 1.54) is 36.0 Å². The molecular weight excluding hydrogens is 434 g/mol. The number of carbonyl (C=O) groups is 1. The van der Waals surface area contributed by atoms with E-state index >= 15 is 0 Å². The summed E-state index contributed by atoms with van der Waals surface area (Å²) in [6.45, 7) is 4.15. The van der Waals surface area contributed by atoms with Gasteiger partial charge in [0.1, 0.15) is 17.7 Å². The van der Waals surface area contributed by atoms with Crippen molar-refractivity contribution < 1.29 is 18.3 Å². The lowest BCUT2D eigenvalue weighted by Crippen LogP contribution is -2.30. The Morgan fingerprint density at radius 1 is 1.22 bits per heavy atom. The molecular formula is C23H22F2N4O2S. The third-order valence-corrected chi connectivity index (χ3v) is 6.09. The number of hydrogen-bond donors (Lipinski definition) is 1. The van der Waals surface area contributed by atoms with E-state index in [9.17, 15) is 13.6 Å². The fourth-order valence-electron chi connectivity index (χ4n) is 3.05. The minimum absolute atomic E-state index is 0.00216. The monoisotopic (exact) mass is 456 g/mol. The van der Waals surface area contributed by atoms with Crippen molar-refractivity contribution in [1.29, 1.82) is 0 Å². The average molecular weight is 457 g/mol. The minimum atomic E-state index is -0.635. The van der Waals surface area contributed by atoms with Gasteiger partial charge < -0.3 is 10.1 Å². The summed E-state index contributed by atoms with van der Waals surface area (Å²) in [6, 6.07) is 12.1. The Kier molecular flexibility index (Phi) is 6.84. The van der Waals surface area contributed by atoms with Crippen molar-refractivity contribution in [2.24, 2.45) is 0 Å². The summed E-state index contributed by atoms with van der Waals surface area (Å²) >= 11 is 1.22. The second-order valence-electron chi connectivity index (χ2n) is 7.35. The number of allylic oxidation sites excluding steroid dienone is 1. The molecule has 1 saturated carbocycles. The third kappa shape index (κ3) is 5.34. The normalized spacial score (nSPS) is 14.1. The maximum absolute atomic E-state index is 13.9. The molecule has 1 atom stereocenters. The molecule has 2 aromatic carbocycles. The number of ether oxygens (including phenoxy) is 1. The van der Waals surface area contributed by atoms with Crippen LogP contribution >= 0.6 is 11.8 Å². The summed E-state index contributed by atoms with van der Waals surface area (Å²) in [6.07, 6.45) is 3.59. The van der Waals surface area contributed by atoms with E-state index in [0.29, 0.717) is 23.1 Å². The number of thioether (sulfide) groups is 1. The first-order valence-corrected chi connectivity index (χ1v) is 11.1. The molecule has 0 spiro atoms. The number of hydrogen-bond acceptors (Lipinski definition) is 5. The van der Waals surface area contributed by atoms with Crippen LogP contribution in [0.25, 0.3) is 0 Å². The summed E-state index contributed by atoms with van der Waals surface area (Å²) in [5, 5.41) is 11.3. The van der Waals surface area contributed by atoms with Crippen molar-refractivity contribution in [2.45, 2.75) is 42.4 Å². The summed E-state index contributed by atoms with van der Waals surface area (Å²) in [4.78, 5) is 12.9. The fourth-order valence-corrected chi connectivity index (χ4v) is 4.12. The largest absolute Gasteiger partial charge is 0.483 e. The zero-order valence-electron chi connectivity index (χ0n) is 17.2. The second kappa shape index (κ2) is 9.95. The van der Waals surface area contributed by atoms with E-state index in [4.69, 9.17) is 4.74 Å². The van der Waals surface area contributed by atoms with Crippen LogP contribution in [0.4, 0.5) is 8.78 Å². The van der Waals surface area contributed by atoms with Crippen molar-refractivity contribution in [2.75, 3.05) is 0 Å². The van der Waals surface area contributed by atoms with E-state index in [0.717, 1.165) is 12.8 Å². The highest BCUT2D eigenvalue weighted by atomic mass is 32.2. The first kappa shape index (κ1) is 22.0. The van der Waals surface area contributed by atoms with Gasteiger partial charge in [-0.1, -0.05) is 42.1 Å². The van der Waals surface area contributed by atoms with E-state index in [1.54, 1.807) is 34.9 Å². The molecule has 1 fully saturated rings. The summed E-state index contributed by atoms with van der Waals surface area (Å²) < 4.78 is 34.6. The predicted molar refractivity (Wildman–Crippen MR) is 117 cm³/mol. The fraction of sp³-hybridized carbons (Fsp3) is 0.261. The quantitative estimate of drug-likeness (QED) is 0.361. The van der Waals surface area contributed by atoms with Gasteiger partial charge in [0, 0.05) is 12.6 Å². The molecule has 4 rings (SSSR count). The molecule has 1 unspecified atom stereocenters. The molecule has 0 aliphatic heterocycles. The molecule has 1 aliphatic rings. The maximum atomic E-state index is 13.9. The van der Waals surface area contributed by atoms with Crippen LogP contribution in [-0.2, 0) is 17.9 Å². The molecule has 0 saturated heterocycles. The van der Waals surface area contributed by atoms with Gasteiger partial charge in [-0.15, -0.1) is 16.8 Å². The van der Waals surface area contributed by atoms with Gasteiger partial charge in [-0.05, 0) is 42.7 Å². The molecule has 32 heavy (non-hydrogen) atoms. The second-order valence-corrected chi connectivity index (χ2v) is 8.42. The van der Waals surface area contributed by atoms with Gasteiger partial charge in [0.15, 0.2) is 22.5 Å². The number of amides is 1. The summed E-state index contributed by atoms with van der Waals surface area (Å²) in [7, 11) is 0. The van der Waals surface area contributed by atoms with Crippen molar-refractivity contribution >= 4 is 17.7 Å². The Hall–Kier alpha value is -3.20. The number of carbonyl (C=O) groups excluding carboxylic acids is 1. The van der Waals surface area contributed by atoms with E-state index in [2.05, 4.69) is 22.1 Å². The molecule has 9 heteroatoms. The van der Waals surface area contributed by atoms with E-state index in [1.807, 2.05) is 0 Å². The van der Waals surface area contributed by atoms with Gasteiger partial charge in [0.05, 0.1) is 0 Å². The van der Waals surface area contributed by atoms with Crippen molar-refractivity contribution in [3.63, 3.8) is 0 Å². The highest BCUT2D eigenvalue weighted by molar-refractivity contribution is 8.00. The molecule has 3 aromatic rings. The Morgan fingerprint density at radius 2 is 1.97 bits per heavy atom. The van der Waals surface area contributed by atoms with Gasteiger partial charge in [0.2, 0.25) is 5.91 Å². The molecule has 1 aromatic heterocycles. The Balaban J connectivity index is 1.57. The van der Waals surface area contributed by atoms with Gasteiger partial charge in [-0.25, -0.2) is 8.78 Å². The smallest absolute Gasteiger partial charge is 0.238 e. The van der Waals surface area contributed by atoms with E-state index in [-0.39, 0.29) is 30.1 Å². The predicted octanol–water partition coefficient (Wildman–Crippen LogP) is 4.43. The van der Waals surface area contributed by atoms with E-state index < -0.39 is 11.1 Å². The average Bonchev–Trinajstić information content (AvgIpc) is 3.52. The minimum Gasteiger partial charge on any atom is -0.483 e. The Bertz CT molecular complexity index is 1100. The van der Waals surface area contributed by atoms with Crippen LogP contribution in [0, 0.1) is 11.6 Å². The van der Waals surface area contributed by atoms with Crippen LogP contribution in [0.3, 0.4) is 0 Å². The lowest BCUT2D eigenvalue weighted by Gasteiger charge is -2.17. The summed E-state index contributed by atoms with van der Waals surface area (Å²) in [5.41, 5.74) is 0.659. The number of benzene rings is 2. The van der Waals surface area contributed by atoms with Crippen LogP contribution < -0.4 is 10.1 Å². The number of nitrogens with zero attached hydrogens (tertiary/aromatic N) is 3. The molecule has 0 radical (unpaired) electrons. The SMILES string of the molecule is C=CCn1c(COc2ccccc2F)nnc1SC(C(=O)NC1CC1)c1ccc(F)cc1. The Labute approximate surface area is 188 Å². The molecule has 1 amide bonds. The molecule has 6 nitrogen and oxygen atoms in total. The van der Waals surface area contributed by atoms with Crippen LogP contribution in [0.1, 0.15) is 29.5 Å². The van der Waals surface area contributed by atoms with Crippen LogP contribution in [0.5, 0.6) is 5.75 Å². The lowest BCUT2D eigenvalue weighted by molar-refractivity contribution is -0.120. The third-order valence-electron chi connectivity index (χ3n) is 4.86. The van der Waals surface area contributed by atoms with Gasteiger partial charge >= 0.3 is 0 Å². The molecule has 0 bridgehead atoms. The zero-order valence-corrected chi connectivity index (χ0v) is 18.0. The Morgan fingerprint density at radius 3 is 2.66 bits per heavy atom. The highest BCUT2D eigenvalue weighted by Gasteiger charge is 2.30. The molecule has 1 aliphatic carbocycles. The van der Waals surface area contributed by atoms with Gasteiger partial charge in [-0.3, -0.25) is 9.36 Å². The number of rotatable bonds is 10. The van der Waals surface area contributed by atoms with Crippen LogP contribution in [0.2, 0.25) is 0 Å². The molecule has 166 valence electrons. The summed E-state index contributed by atoms with van der Waals surface area (Å²) in [5.74, 6) is -0.423. The van der Waals surface area contributed by atoms with Gasteiger partial charge in [-0.2, -0.15) is 0 Å². The van der Waals surface area contributed by atoms with Crippen molar-refractivity contribution in [3.8, 4) is 5.75 Å². The highest BCUT2D eigenvalue weighted by Crippen LogP contribution is 2.36. The standard InChI is InChI=1S/C23H22F2N4O2S/c1-2-13-29-20(14-31-19-6-4-3-5-18(19)25)27-28-23(29)32-21(22(30)26-17-11-12-17)15-7-9-16(24)10-8-15/h2-10,17,21H,1,11-14H2,(H,26,30). The lowest BCUT2D eigenvalue weighted by atomic mass is 10.1. The molecule has 1 N–H and O–H groups in total. The van der Waals surface area contributed by atoms with Crippen LogP contribution in [-0.4, -0.2) is 26.7 Å². The molecule has 1 heterocycles. The number of nitrogens with one attached hydrogen (secondary N) is 1.